The van der Waals surface area contributed by atoms with Crippen LogP contribution in [0.3, 0.4) is 0 Å². The fourth-order valence-corrected chi connectivity index (χ4v) is 7.48. The van der Waals surface area contributed by atoms with Gasteiger partial charge in [0.15, 0.2) is 0 Å². The average Bonchev–Trinajstić information content (AvgIpc) is 3.79. The van der Waals surface area contributed by atoms with E-state index in [-0.39, 0.29) is 46.8 Å². The number of anilines is 3. The van der Waals surface area contributed by atoms with Gasteiger partial charge in [-0.1, -0.05) is 48.0 Å². The number of nitrogens with one attached hydrogen (secondary N) is 2. The van der Waals surface area contributed by atoms with Crippen LogP contribution in [0.15, 0.2) is 60.3 Å². The number of ether oxygens (including phenoxy) is 2. The lowest BCUT2D eigenvalue weighted by Gasteiger charge is -2.38. The number of halogens is 2. The van der Waals surface area contributed by atoms with Gasteiger partial charge in [-0.15, -0.1) is 11.3 Å². The van der Waals surface area contributed by atoms with Gasteiger partial charge in [0.2, 0.25) is 11.9 Å². The van der Waals surface area contributed by atoms with E-state index in [1.807, 2.05) is 5.38 Å². The quantitative estimate of drug-likeness (QED) is 0.231. The van der Waals surface area contributed by atoms with Crippen LogP contribution in [0.1, 0.15) is 36.3 Å². The van der Waals surface area contributed by atoms with Gasteiger partial charge in [0, 0.05) is 41.5 Å². The van der Waals surface area contributed by atoms with E-state index in [9.17, 15) is 9.59 Å². The summed E-state index contributed by atoms with van der Waals surface area (Å²) in [6.45, 7) is 3.88. The van der Waals surface area contributed by atoms with Crippen LogP contribution < -0.4 is 29.9 Å². The summed E-state index contributed by atoms with van der Waals surface area (Å²) < 4.78 is 10.9. The van der Waals surface area contributed by atoms with Crippen molar-refractivity contribution in [2.45, 2.75) is 50.9 Å². The second-order valence-electron chi connectivity index (χ2n) is 11.1. The van der Waals surface area contributed by atoms with E-state index in [1.165, 1.54) is 47.0 Å². The van der Waals surface area contributed by atoms with Crippen LogP contribution in [0, 0.1) is 5.92 Å². The number of urea groups is 1. The molecular formula is C32H33Cl2N7O4S. The molecule has 2 aliphatic carbocycles. The third-order valence-electron chi connectivity index (χ3n) is 8.43. The Kier molecular flexibility index (Phi) is 9.48. The van der Waals surface area contributed by atoms with Gasteiger partial charge in [0.05, 0.1) is 33.0 Å². The van der Waals surface area contributed by atoms with Crippen LogP contribution in [-0.4, -0.2) is 53.2 Å². The highest BCUT2D eigenvalue weighted by molar-refractivity contribution is 7.09. The zero-order chi connectivity index (χ0) is 32.4. The highest BCUT2D eigenvalue weighted by Crippen LogP contribution is 2.48. The maximum atomic E-state index is 14.3. The van der Waals surface area contributed by atoms with Gasteiger partial charge in [-0.25, -0.2) is 14.8 Å². The average molecular weight is 683 g/mol. The first-order valence-electron chi connectivity index (χ1n) is 14.8. The number of allylic oxidation sites excluding steroid dienone is 4. The Morgan fingerprint density at radius 1 is 1.17 bits per heavy atom. The van der Waals surface area contributed by atoms with Gasteiger partial charge in [0.25, 0.3) is 0 Å². The lowest BCUT2D eigenvalue weighted by Crippen LogP contribution is -2.50. The number of fused-ring (bicyclic) bond motifs is 1. The summed E-state index contributed by atoms with van der Waals surface area (Å²) in [4.78, 5) is 43.6. The van der Waals surface area contributed by atoms with Crippen molar-refractivity contribution in [1.82, 2.24) is 20.3 Å². The number of aromatic nitrogens is 3. The first kappa shape index (κ1) is 31.8. The number of nitrogens with zero attached hydrogens (tertiary/aromatic N) is 5. The molecule has 2 aromatic heterocycles. The van der Waals surface area contributed by atoms with Crippen LogP contribution in [0.2, 0.25) is 10.0 Å². The second kappa shape index (κ2) is 13.7. The fraction of sp³-hybridized carbons (Fsp3) is 0.344. The Bertz CT molecular complexity index is 1690. The van der Waals surface area contributed by atoms with Gasteiger partial charge >= 0.3 is 6.03 Å². The molecule has 0 saturated heterocycles. The van der Waals surface area contributed by atoms with E-state index in [2.05, 4.69) is 45.4 Å². The van der Waals surface area contributed by atoms with Crippen molar-refractivity contribution in [2.75, 3.05) is 29.3 Å². The summed E-state index contributed by atoms with van der Waals surface area (Å²) >= 11 is 14.9. The summed E-state index contributed by atoms with van der Waals surface area (Å²) in [6.07, 6.45) is 14.7. The molecule has 0 radical (unpaired) electrons. The highest BCUT2D eigenvalue weighted by Gasteiger charge is 2.38. The summed E-state index contributed by atoms with van der Waals surface area (Å²) in [5.74, 6) is 1.53. The topological polar surface area (TPSA) is 122 Å². The summed E-state index contributed by atoms with van der Waals surface area (Å²) in [6, 6.07) is 0.870. The van der Waals surface area contributed by atoms with E-state index in [4.69, 9.17) is 37.7 Å². The molecule has 3 atom stereocenters. The molecule has 240 valence electrons. The fourth-order valence-electron chi connectivity index (χ4n) is 6.17. The third-order valence-corrected chi connectivity index (χ3v) is 9.93. The predicted octanol–water partition coefficient (Wildman–Crippen LogP) is 6.54. The number of benzene rings is 1. The molecule has 1 aliphatic heterocycles. The van der Waals surface area contributed by atoms with Crippen LogP contribution in [0.25, 0.3) is 0 Å². The molecule has 14 heteroatoms. The maximum absolute atomic E-state index is 14.3. The van der Waals surface area contributed by atoms with E-state index < -0.39 is 6.03 Å². The van der Waals surface area contributed by atoms with Crippen molar-refractivity contribution in [3.8, 4) is 11.5 Å². The van der Waals surface area contributed by atoms with Gasteiger partial charge in [0.1, 0.15) is 32.4 Å². The molecule has 1 fully saturated rings. The number of methoxy groups -OCH3 is 2. The van der Waals surface area contributed by atoms with Crippen molar-refractivity contribution in [2.24, 2.45) is 5.92 Å². The predicted molar refractivity (Wildman–Crippen MR) is 180 cm³/mol. The molecule has 3 heterocycles. The Labute approximate surface area is 280 Å². The number of hydrogen-bond acceptors (Lipinski definition) is 9. The van der Waals surface area contributed by atoms with Crippen molar-refractivity contribution >= 4 is 63.9 Å². The molecule has 46 heavy (non-hydrogen) atoms. The summed E-state index contributed by atoms with van der Waals surface area (Å²) in [5.41, 5.74) is 2.25. The lowest BCUT2D eigenvalue weighted by molar-refractivity contribution is -0.117. The maximum Gasteiger partial charge on any atom is 0.330 e. The Balaban J connectivity index is 1.36. The molecule has 1 saturated carbocycles. The van der Waals surface area contributed by atoms with Crippen LogP contribution in [-0.2, 0) is 17.9 Å². The number of thiazole rings is 1. The number of carbonyl (C=O) groups is 2. The third kappa shape index (κ3) is 6.29. The van der Waals surface area contributed by atoms with E-state index in [0.717, 1.165) is 30.7 Å². The summed E-state index contributed by atoms with van der Waals surface area (Å²) in [5, 5.41) is 9.47. The number of hydrogen-bond donors (Lipinski definition) is 2. The zero-order valence-electron chi connectivity index (χ0n) is 25.3. The largest absolute Gasteiger partial charge is 0.495 e. The SMILES string of the molecule is C=CC(=O)N[C@H]1CCC(C2=CCC=C2)C[C@H]1Nc1ncc2c(n1)N(Cc1nccs1)C(=O)N(c1c(Cl)c(OC)cc(OC)c1Cl)C2. The zero-order valence-corrected chi connectivity index (χ0v) is 27.7. The van der Waals surface area contributed by atoms with E-state index in [1.54, 1.807) is 18.5 Å². The number of carbonyl (C=O) groups excluding carboxylic acids is 2. The number of rotatable bonds is 10. The minimum absolute atomic E-state index is 0.0998. The molecule has 3 amide bonds. The normalized spacial score (nSPS) is 20.7. The molecule has 1 unspecified atom stereocenters. The van der Waals surface area contributed by atoms with Crippen LogP contribution in [0.5, 0.6) is 11.5 Å². The molecule has 3 aliphatic rings. The van der Waals surface area contributed by atoms with Gasteiger partial charge in [-0.05, 0) is 43.3 Å². The van der Waals surface area contributed by atoms with Crippen LogP contribution >= 0.6 is 34.5 Å². The van der Waals surface area contributed by atoms with Crippen molar-refractivity contribution in [1.29, 1.82) is 0 Å². The van der Waals surface area contributed by atoms with Crippen molar-refractivity contribution < 1.29 is 19.1 Å². The standard InChI is InChI=1S/C32H33Cl2N7O4S/c1-4-25(42)37-21-10-9-19(18-7-5-6-8-18)13-22(21)38-31-36-15-20-16-40(29-27(33)23(44-2)14-24(45-3)28(29)34)32(43)41(30(20)39-31)17-26-35-11-12-46-26/h4-5,7-8,11-12,14-15,19,21-22H,1,6,9-10,13,16-17H2,2-3H3,(H,37,42)(H,36,38,39)/t19?,21-,22+/m0/s1. The van der Waals surface area contributed by atoms with Crippen molar-refractivity contribution in [3.05, 3.63) is 80.9 Å². The first-order valence-corrected chi connectivity index (χ1v) is 16.4. The van der Waals surface area contributed by atoms with Gasteiger partial charge in [-0.3, -0.25) is 14.6 Å². The second-order valence-corrected chi connectivity index (χ2v) is 12.8. The van der Waals surface area contributed by atoms with Crippen molar-refractivity contribution in [3.63, 3.8) is 0 Å². The molecule has 0 spiro atoms. The molecular weight excluding hydrogens is 649 g/mol. The molecule has 2 N–H and O–H groups in total. The van der Waals surface area contributed by atoms with Gasteiger partial charge < -0.3 is 20.1 Å². The highest BCUT2D eigenvalue weighted by atomic mass is 35.5. The van der Waals surface area contributed by atoms with E-state index in [0.29, 0.717) is 34.7 Å². The monoisotopic (exact) mass is 681 g/mol. The molecule has 6 rings (SSSR count). The van der Waals surface area contributed by atoms with Gasteiger partial charge in [-0.2, -0.15) is 4.98 Å². The van der Waals surface area contributed by atoms with E-state index >= 15 is 0 Å². The Hall–Kier alpha value is -4.13. The Morgan fingerprint density at radius 3 is 2.61 bits per heavy atom. The molecule has 1 aromatic carbocycles. The number of amides is 3. The summed E-state index contributed by atoms with van der Waals surface area (Å²) in [7, 11) is 2.96. The Morgan fingerprint density at radius 2 is 1.96 bits per heavy atom. The molecule has 3 aromatic rings. The smallest absolute Gasteiger partial charge is 0.330 e. The minimum Gasteiger partial charge on any atom is -0.495 e. The molecule has 0 bridgehead atoms. The lowest BCUT2D eigenvalue weighted by atomic mass is 9.78. The minimum atomic E-state index is -0.403. The first-order chi connectivity index (χ1) is 22.3. The van der Waals surface area contributed by atoms with Crippen LogP contribution in [0.4, 0.5) is 22.2 Å². The molecule has 11 nitrogen and oxygen atoms in total.